The second-order valence-electron chi connectivity index (χ2n) is 10.0. The number of ether oxygens (including phenoxy) is 1. The van der Waals surface area contributed by atoms with Crippen molar-refractivity contribution in [2.75, 3.05) is 13.1 Å². The third-order valence-corrected chi connectivity index (χ3v) is 6.26. The monoisotopic (exact) mass is 460 g/mol. The Morgan fingerprint density at radius 1 is 1.09 bits per heavy atom. The molecule has 6 nitrogen and oxygen atoms in total. The van der Waals surface area contributed by atoms with Gasteiger partial charge in [-0.3, -0.25) is 14.9 Å². The molecule has 0 aliphatic heterocycles. The van der Waals surface area contributed by atoms with E-state index in [9.17, 15) is 4.79 Å². The number of hydrogen-bond acceptors (Lipinski definition) is 5. The molecule has 1 amide bonds. The SMILES string of the molecule is CC(C)(C)OC(=O)NCCCCN(Cc1nccc2ccccc12)C1CCCc2cccnc21. The van der Waals surface area contributed by atoms with Crippen LogP contribution < -0.4 is 5.32 Å². The molecular weight excluding hydrogens is 424 g/mol. The van der Waals surface area contributed by atoms with E-state index in [1.807, 2.05) is 39.2 Å². The Morgan fingerprint density at radius 2 is 1.94 bits per heavy atom. The average molecular weight is 461 g/mol. The van der Waals surface area contributed by atoms with E-state index in [1.165, 1.54) is 28.5 Å². The van der Waals surface area contributed by atoms with E-state index in [-0.39, 0.29) is 12.1 Å². The molecule has 0 saturated heterocycles. The first-order chi connectivity index (χ1) is 16.4. The average Bonchev–Trinajstić information content (AvgIpc) is 2.82. The van der Waals surface area contributed by atoms with E-state index < -0.39 is 5.60 Å². The summed E-state index contributed by atoms with van der Waals surface area (Å²) in [6.07, 6.45) is 8.70. The van der Waals surface area contributed by atoms with Crippen molar-refractivity contribution in [1.29, 1.82) is 0 Å². The summed E-state index contributed by atoms with van der Waals surface area (Å²) in [5.74, 6) is 0. The minimum absolute atomic E-state index is 0.282. The van der Waals surface area contributed by atoms with Crippen LogP contribution in [0.15, 0.2) is 54.9 Å². The van der Waals surface area contributed by atoms with Gasteiger partial charge in [-0.25, -0.2) is 4.79 Å². The molecule has 2 heterocycles. The molecule has 1 aliphatic rings. The molecule has 1 N–H and O–H groups in total. The number of amides is 1. The van der Waals surface area contributed by atoms with Gasteiger partial charge in [-0.15, -0.1) is 0 Å². The molecule has 0 spiro atoms. The highest BCUT2D eigenvalue weighted by molar-refractivity contribution is 5.84. The lowest BCUT2D eigenvalue weighted by atomic mass is 9.90. The lowest BCUT2D eigenvalue weighted by Gasteiger charge is -2.35. The van der Waals surface area contributed by atoms with Gasteiger partial charge in [0.25, 0.3) is 0 Å². The predicted octanol–water partition coefficient (Wildman–Crippen LogP) is 5.81. The summed E-state index contributed by atoms with van der Waals surface area (Å²) in [5, 5.41) is 5.30. The molecular formula is C28H36N4O2. The Kier molecular flexibility index (Phi) is 7.78. The molecule has 6 heteroatoms. The number of nitrogens with zero attached hydrogens (tertiary/aromatic N) is 3. The summed E-state index contributed by atoms with van der Waals surface area (Å²) >= 11 is 0. The summed E-state index contributed by atoms with van der Waals surface area (Å²) in [6.45, 7) is 7.93. The number of carbonyl (C=O) groups excluding carboxylic acids is 1. The fourth-order valence-electron chi connectivity index (χ4n) is 4.73. The molecule has 3 aromatic rings. The number of rotatable bonds is 8. The van der Waals surface area contributed by atoms with Crippen LogP contribution in [-0.4, -0.2) is 39.7 Å². The van der Waals surface area contributed by atoms with E-state index in [0.29, 0.717) is 6.54 Å². The summed E-state index contributed by atoms with van der Waals surface area (Å²) in [7, 11) is 0. The van der Waals surface area contributed by atoms with Crippen LogP contribution in [0.3, 0.4) is 0 Å². The van der Waals surface area contributed by atoms with Gasteiger partial charge in [-0.05, 0) is 82.5 Å². The van der Waals surface area contributed by atoms with Crippen molar-refractivity contribution in [3.05, 3.63) is 71.8 Å². The van der Waals surface area contributed by atoms with Crippen molar-refractivity contribution in [2.45, 2.75) is 71.1 Å². The number of unbranched alkanes of at least 4 members (excludes halogenated alkanes) is 1. The molecule has 4 rings (SSSR count). The van der Waals surface area contributed by atoms with Crippen molar-refractivity contribution in [3.63, 3.8) is 0 Å². The molecule has 2 aromatic heterocycles. The van der Waals surface area contributed by atoms with Crippen LogP contribution in [0.5, 0.6) is 0 Å². The van der Waals surface area contributed by atoms with Crippen molar-refractivity contribution in [1.82, 2.24) is 20.2 Å². The fourth-order valence-corrected chi connectivity index (χ4v) is 4.73. The van der Waals surface area contributed by atoms with Crippen LogP contribution in [0.1, 0.15) is 69.4 Å². The third kappa shape index (κ3) is 6.32. The van der Waals surface area contributed by atoms with Gasteiger partial charge in [0.05, 0.1) is 17.4 Å². The zero-order chi connectivity index (χ0) is 24.0. The highest BCUT2D eigenvalue weighted by Gasteiger charge is 2.27. The number of alkyl carbamates (subject to hydrolysis) is 1. The molecule has 180 valence electrons. The zero-order valence-corrected chi connectivity index (χ0v) is 20.6. The summed E-state index contributed by atoms with van der Waals surface area (Å²) in [6, 6.07) is 15.1. The Hall–Kier alpha value is -2.99. The molecule has 1 atom stereocenters. The van der Waals surface area contributed by atoms with E-state index in [1.54, 1.807) is 0 Å². The van der Waals surface area contributed by atoms with Crippen molar-refractivity contribution in [3.8, 4) is 0 Å². The Morgan fingerprint density at radius 3 is 2.79 bits per heavy atom. The minimum atomic E-state index is -0.478. The summed E-state index contributed by atoms with van der Waals surface area (Å²) in [5.41, 5.74) is 3.20. The largest absolute Gasteiger partial charge is 0.444 e. The van der Waals surface area contributed by atoms with Crippen molar-refractivity contribution in [2.24, 2.45) is 0 Å². The standard InChI is InChI=1S/C28H36N4O2/c1-28(2,3)34-27(33)31-16-6-7-19-32(25-14-8-11-22-12-9-17-30-26(22)25)20-24-23-13-5-4-10-21(23)15-18-29-24/h4-5,9-10,12-13,15,17-18,25H,6-8,11,14,16,19-20H2,1-3H3,(H,31,33). The number of hydrogen-bond donors (Lipinski definition) is 1. The number of aryl methyl sites for hydroxylation is 1. The number of carbonyl (C=O) groups is 1. The number of pyridine rings is 2. The van der Waals surface area contributed by atoms with E-state index in [4.69, 9.17) is 14.7 Å². The van der Waals surface area contributed by atoms with Gasteiger partial charge in [0.2, 0.25) is 0 Å². The lowest BCUT2D eigenvalue weighted by Crippen LogP contribution is -2.34. The Bertz CT molecular complexity index is 1100. The van der Waals surface area contributed by atoms with Gasteiger partial charge >= 0.3 is 6.09 Å². The predicted molar refractivity (Wildman–Crippen MR) is 136 cm³/mol. The van der Waals surface area contributed by atoms with Crippen LogP contribution in [0.4, 0.5) is 4.79 Å². The zero-order valence-electron chi connectivity index (χ0n) is 20.6. The molecule has 0 fully saturated rings. The maximum absolute atomic E-state index is 11.9. The molecule has 34 heavy (non-hydrogen) atoms. The molecule has 0 bridgehead atoms. The third-order valence-electron chi connectivity index (χ3n) is 6.26. The first-order valence-electron chi connectivity index (χ1n) is 12.4. The molecule has 1 aliphatic carbocycles. The van der Waals surface area contributed by atoms with Crippen LogP contribution >= 0.6 is 0 Å². The van der Waals surface area contributed by atoms with Crippen LogP contribution in [0.2, 0.25) is 0 Å². The molecule has 0 saturated carbocycles. The quantitative estimate of drug-likeness (QED) is 0.429. The number of nitrogens with one attached hydrogen (secondary N) is 1. The topological polar surface area (TPSA) is 67.3 Å². The highest BCUT2D eigenvalue weighted by atomic mass is 16.6. The Labute approximate surface area is 202 Å². The van der Waals surface area contributed by atoms with Gasteiger partial charge < -0.3 is 10.1 Å². The van der Waals surface area contributed by atoms with Gasteiger partial charge in [-0.1, -0.05) is 30.3 Å². The van der Waals surface area contributed by atoms with E-state index >= 15 is 0 Å². The van der Waals surface area contributed by atoms with Gasteiger partial charge in [-0.2, -0.15) is 0 Å². The smallest absolute Gasteiger partial charge is 0.407 e. The second-order valence-corrected chi connectivity index (χ2v) is 10.0. The number of aromatic nitrogens is 2. The molecule has 0 radical (unpaired) electrons. The van der Waals surface area contributed by atoms with Gasteiger partial charge in [0.1, 0.15) is 5.60 Å². The fraction of sp³-hybridized carbons (Fsp3) is 0.464. The van der Waals surface area contributed by atoms with Gasteiger partial charge in [0, 0.05) is 30.9 Å². The number of benzene rings is 1. The highest BCUT2D eigenvalue weighted by Crippen LogP contribution is 2.34. The first-order valence-corrected chi connectivity index (χ1v) is 12.4. The van der Waals surface area contributed by atoms with Crippen LogP contribution in [0, 0.1) is 0 Å². The van der Waals surface area contributed by atoms with E-state index in [2.05, 4.69) is 46.6 Å². The normalized spacial score (nSPS) is 15.8. The lowest BCUT2D eigenvalue weighted by molar-refractivity contribution is 0.0526. The molecule has 1 unspecified atom stereocenters. The van der Waals surface area contributed by atoms with Crippen LogP contribution in [-0.2, 0) is 17.7 Å². The first kappa shape index (κ1) is 24.1. The van der Waals surface area contributed by atoms with Crippen LogP contribution in [0.25, 0.3) is 10.8 Å². The minimum Gasteiger partial charge on any atom is -0.444 e. The van der Waals surface area contributed by atoms with Gasteiger partial charge in [0.15, 0.2) is 0 Å². The molecule has 1 aromatic carbocycles. The van der Waals surface area contributed by atoms with Crippen molar-refractivity contribution < 1.29 is 9.53 Å². The summed E-state index contributed by atoms with van der Waals surface area (Å²) in [4.78, 5) is 24.0. The van der Waals surface area contributed by atoms with Crippen molar-refractivity contribution >= 4 is 16.9 Å². The second kappa shape index (κ2) is 11.0. The Balaban J connectivity index is 1.46. The number of fused-ring (bicyclic) bond motifs is 2. The maximum Gasteiger partial charge on any atom is 0.407 e. The van der Waals surface area contributed by atoms with E-state index in [0.717, 1.165) is 44.5 Å². The summed E-state index contributed by atoms with van der Waals surface area (Å²) < 4.78 is 5.34. The maximum atomic E-state index is 11.9.